The first kappa shape index (κ1) is 16.4. The summed E-state index contributed by atoms with van der Waals surface area (Å²) in [5.74, 6) is 1.84. The van der Waals surface area contributed by atoms with Crippen LogP contribution >= 0.6 is 0 Å². The fourth-order valence-electron chi connectivity index (χ4n) is 2.84. The van der Waals surface area contributed by atoms with Gasteiger partial charge in [-0.15, -0.1) is 0 Å². The van der Waals surface area contributed by atoms with E-state index in [1.54, 1.807) is 0 Å². The molecule has 0 saturated heterocycles. The fourth-order valence-corrected chi connectivity index (χ4v) is 2.84. The zero-order chi connectivity index (χ0) is 16.1. The Morgan fingerprint density at radius 3 is 1.96 bits per heavy atom. The van der Waals surface area contributed by atoms with E-state index in [2.05, 4.69) is 0 Å². The second-order valence-corrected chi connectivity index (χ2v) is 5.71. The van der Waals surface area contributed by atoms with E-state index in [9.17, 15) is 9.59 Å². The Morgan fingerprint density at radius 2 is 1.30 bits per heavy atom. The van der Waals surface area contributed by atoms with Crippen LogP contribution in [-0.2, 0) is 4.79 Å². The van der Waals surface area contributed by atoms with Crippen LogP contribution < -0.4 is 0 Å². The Bertz CT molecular complexity index is 522. The van der Waals surface area contributed by atoms with Gasteiger partial charge in [0.15, 0.2) is 5.78 Å². The van der Waals surface area contributed by atoms with E-state index >= 15 is 0 Å². The summed E-state index contributed by atoms with van der Waals surface area (Å²) in [5, 5.41) is 0. The van der Waals surface area contributed by atoms with Crippen LogP contribution in [0.1, 0.15) is 23.2 Å². The third kappa shape index (κ3) is 4.31. The number of carbonyl (C=O) groups is 2. The van der Waals surface area contributed by atoms with E-state index in [0.717, 1.165) is 5.92 Å². The summed E-state index contributed by atoms with van der Waals surface area (Å²) in [6, 6.07) is 9.26. The molecule has 3 rings (SSSR count). The average Bonchev–Trinajstić information content (AvgIpc) is 3.28. The zero-order valence-corrected chi connectivity index (χ0v) is 12.8. The molecule has 0 amide bonds. The molecule has 1 aromatic carbocycles. The highest BCUT2D eigenvalue weighted by Gasteiger charge is 2.33. The topological polar surface area (TPSA) is 34.1 Å². The molecule has 0 N–H and O–H groups in total. The van der Waals surface area contributed by atoms with Crippen LogP contribution in [0.2, 0.25) is 0 Å². The van der Waals surface area contributed by atoms with Crippen molar-refractivity contribution < 1.29 is 9.59 Å². The molecule has 0 spiro atoms. The first-order chi connectivity index (χ1) is 11.2. The molecule has 2 fully saturated rings. The van der Waals surface area contributed by atoms with Gasteiger partial charge in [-0.1, -0.05) is 30.3 Å². The van der Waals surface area contributed by atoms with Gasteiger partial charge in [-0.2, -0.15) is 0 Å². The van der Waals surface area contributed by atoms with Crippen LogP contribution in [-0.4, -0.2) is 11.6 Å². The molecule has 2 aliphatic carbocycles. The first-order valence-electron chi connectivity index (χ1n) is 7.79. The normalized spacial score (nSPS) is 20.7. The van der Waals surface area contributed by atoms with Gasteiger partial charge in [0.05, 0.1) is 0 Å². The van der Waals surface area contributed by atoms with Crippen molar-refractivity contribution in [3.63, 3.8) is 0 Å². The van der Waals surface area contributed by atoms with Crippen molar-refractivity contribution >= 4 is 11.6 Å². The highest BCUT2D eigenvalue weighted by atomic mass is 16.1. The van der Waals surface area contributed by atoms with Gasteiger partial charge < -0.3 is 0 Å². The lowest BCUT2D eigenvalue weighted by Gasteiger charge is -2.22. The van der Waals surface area contributed by atoms with E-state index < -0.39 is 0 Å². The maximum absolute atomic E-state index is 12.5. The number of rotatable bonds is 7. The lowest BCUT2D eigenvalue weighted by atomic mass is 9.80. The van der Waals surface area contributed by atoms with Crippen LogP contribution in [0, 0.1) is 69.1 Å². The van der Waals surface area contributed by atoms with E-state index in [-0.39, 0.29) is 17.5 Å². The Kier molecular flexibility index (Phi) is 5.64. The van der Waals surface area contributed by atoms with Gasteiger partial charge in [0.25, 0.3) is 0 Å². The maximum atomic E-state index is 12.5. The van der Waals surface area contributed by atoms with Crippen molar-refractivity contribution in [2.45, 2.75) is 12.8 Å². The van der Waals surface area contributed by atoms with E-state index in [0.29, 0.717) is 24.3 Å². The molecule has 1 unspecified atom stereocenters. The van der Waals surface area contributed by atoms with Crippen molar-refractivity contribution in [2.24, 2.45) is 5.92 Å². The van der Waals surface area contributed by atoms with Crippen LogP contribution in [0.3, 0.4) is 0 Å². The number of benzene rings is 1. The summed E-state index contributed by atoms with van der Waals surface area (Å²) in [7, 11) is 0. The van der Waals surface area contributed by atoms with Gasteiger partial charge in [0, 0.05) is 24.3 Å². The largest absolute Gasteiger partial charge is 0.299 e. The van der Waals surface area contributed by atoms with Gasteiger partial charge in [0.2, 0.25) is 0 Å². The molecular formula is C21H18O2. The average molecular weight is 302 g/mol. The van der Waals surface area contributed by atoms with E-state index in [4.69, 9.17) is 0 Å². The number of hydrogen-bond acceptors (Lipinski definition) is 2. The molecule has 1 atom stereocenters. The maximum Gasteiger partial charge on any atom is 0.163 e. The molecule has 2 heteroatoms. The zero-order valence-electron chi connectivity index (χ0n) is 12.8. The number of hydrogen-bond donors (Lipinski definition) is 0. The Labute approximate surface area is 139 Å². The lowest BCUT2D eigenvalue weighted by molar-refractivity contribution is -0.117. The molecule has 0 aromatic heterocycles. The molecule has 2 nitrogen and oxygen atoms in total. The monoisotopic (exact) mass is 302 g/mol. The number of Topliss-reactive ketones (excluding diaryl/α,β-unsaturated/α-hetero) is 2. The van der Waals surface area contributed by atoms with Gasteiger partial charge in [-0.3, -0.25) is 9.59 Å². The molecule has 10 radical (unpaired) electrons. The van der Waals surface area contributed by atoms with Crippen molar-refractivity contribution in [2.75, 3.05) is 0 Å². The van der Waals surface area contributed by atoms with Crippen molar-refractivity contribution in [3.8, 4) is 0 Å². The first-order valence-corrected chi connectivity index (χ1v) is 7.79. The van der Waals surface area contributed by atoms with Gasteiger partial charge in [0.1, 0.15) is 5.78 Å². The number of carbonyl (C=O) groups excluding carboxylic acids is 2. The van der Waals surface area contributed by atoms with Crippen LogP contribution in [0.4, 0.5) is 0 Å². The van der Waals surface area contributed by atoms with Gasteiger partial charge >= 0.3 is 0 Å². The van der Waals surface area contributed by atoms with Gasteiger partial charge in [-0.25, -0.2) is 0 Å². The van der Waals surface area contributed by atoms with Crippen LogP contribution in [0.5, 0.6) is 0 Å². The lowest BCUT2D eigenvalue weighted by Crippen LogP contribution is -2.22. The summed E-state index contributed by atoms with van der Waals surface area (Å²) < 4.78 is 0. The van der Waals surface area contributed by atoms with Crippen molar-refractivity contribution in [1.29, 1.82) is 0 Å². The quantitative estimate of drug-likeness (QED) is 0.721. The molecule has 114 valence electrons. The molecule has 0 aliphatic heterocycles. The van der Waals surface area contributed by atoms with Crippen molar-refractivity contribution in [3.05, 3.63) is 99.1 Å². The minimum atomic E-state index is -0.0832. The highest BCUT2D eigenvalue weighted by molar-refractivity contribution is 5.99. The second-order valence-electron chi connectivity index (χ2n) is 5.71. The predicted molar refractivity (Wildman–Crippen MR) is 89.4 cm³/mol. The Balaban J connectivity index is 1.65. The summed E-state index contributed by atoms with van der Waals surface area (Å²) in [6.07, 6.45) is 15.9. The third-order valence-electron chi connectivity index (χ3n) is 4.10. The summed E-state index contributed by atoms with van der Waals surface area (Å²) in [6.45, 7) is 0. The smallest absolute Gasteiger partial charge is 0.163 e. The fraction of sp³-hybridized carbons (Fsp3) is 0.143. The molecule has 1 aromatic rings. The van der Waals surface area contributed by atoms with Crippen molar-refractivity contribution in [1.82, 2.24) is 0 Å². The van der Waals surface area contributed by atoms with Gasteiger partial charge in [-0.05, 0) is 63.2 Å². The minimum Gasteiger partial charge on any atom is -0.299 e. The SMILES string of the molecule is O=C(CC(CC(=O)c1ccccc1)[C]1[CH][CH][CH][CH]1)[C]1[CH][CH][CH][CH]1. The molecule has 0 bridgehead atoms. The molecular weight excluding hydrogens is 284 g/mol. The molecule has 2 saturated carbocycles. The second kappa shape index (κ2) is 7.90. The standard InChI is InChI=1S/C21H18O2/c22-20(17-10-2-1-3-11-17)14-19(16-8-4-5-9-16)15-21(23)18-12-6-7-13-18/h1-13,19H,14-15H2. The highest BCUT2D eigenvalue weighted by Crippen LogP contribution is 2.37. The summed E-state index contributed by atoms with van der Waals surface area (Å²) >= 11 is 0. The van der Waals surface area contributed by atoms with E-state index in [1.807, 2.05) is 81.7 Å². The molecule has 23 heavy (non-hydrogen) atoms. The summed E-state index contributed by atoms with van der Waals surface area (Å²) in [5.41, 5.74) is 0.699. The summed E-state index contributed by atoms with van der Waals surface area (Å²) in [4.78, 5) is 24.9. The molecule has 0 heterocycles. The predicted octanol–water partition coefficient (Wildman–Crippen LogP) is 3.65. The molecule has 2 aliphatic rings. The minimum absolute atomic E-state index is 0.0760. The third-order valence-corrected chi connectivity index (χ3v) is 4.10. The Morgan fingerprint density at radius 1 is 0.739 bits per heavy atom. The Hall–Kier alpha value is -1.44. The number of ketones is 2. The van der Waals surface area contributed by atoms with E-state index in [1.165, 1.54) is 0 Å². The van der Waals surface area contributed by atoms with Crippen LogP contribution in [0.15, 0.2) is 30.3 Å². The van der Waals surface area contributed by atoms with Crippen LogP contribution in [0.25, 0.3) is 0 Å².